The molecule has 0 bridgehead atoms. The van der Waals surface area contributed by atoms with E-state index in [1.807, 2.05) is 13.0 Å². The monoisotopic (exact) mass is 940 g/mol. The van der Waals surface area contributed by atoms with Crippen molar-refractivity contribution in [2.75, 3.05) is 17.2 Å². The number of piperidine rings is 1. The molecule has 6 aliphatic rings. The minimum atomic E-state index is -4.60. The fourth-order valence-electron chi connectivity index (χ4n) is 13.0. The molecule has 2 saturated carbocycles. The van der Waals surface area contributed by atoms with Crippen molar-refractivity contribution in [2.45, 2.75) is 123 Å². The summed E-state index contributed by atoms with van der Waals surface area (Å²) in [6, 6.07) is 14.3. The first-order valence-electron chi connectivity index (χ1n) is 24.6. The van der Waals surface area contributed by atoms with Crippen LogP contribution in [-0.4, -0.2) is 65.9 Å². The van der Waals surface area contributed by atoms with E-state index in [0.717, 1.165) is 66.3 Å². The Kier molecular flexibility index (Phi) is 12.4. The number of alkyl halides is 3. The van der Waals surface area contributed by atoms with Crippen LogP contribution in [-0.2, 0) is 10.9 Å². The van der Waals surface area contributed by atoms with Gasteiger partial charge in [0.05, 0.1) is 41.1 Å². The minimum Gasteiger partial charge on any atom is -0.393 e. The summed E-state index contributed by atoms with van der Waals surface area (Å²) in [6.45, 7) is 14.5. The van der Waals surface area contributed by atoms with Crippen LogP contribution in [0.5, 0.6) is 0 Å². The molecule has 5 heterocycles. The van der Waals surface area contributed by atoms with Crippen molar-refractivity contribution in [3.8, 4) is 16.9 Å². The summed E-state index contributed by atoms with van der Waals surface area (Å²) in [5.74, 6) is 3.39. The Bertz CT molecular complexity index is 2810. The molecule has 4 N–H and O–H groups in total. The number of benzene rings is 2. The molecule has 3 aromatic heterocycles. The summed E-state index contributed by atoms with van der Waals surface area (Å²) in [4.78, 5) is 30.1. The summed E-state index contributed by atoms with van der Waals surface area (Å²) in [6.07, 6.45) is 15.5. The number of amides is 1. The Hall–Kier alpha value is -5.70. The van der Waals surface area contributed by atoms with E-state index in [1.54, 1.807) is 78.8 Å². The van der Waals surface area contributed by atoms with Crippen LogP contribution < -0.4 is 16.0 Å². The lowest BCUT2D eigenvalue weighted by Crippen LogP contribution is -2.49. The van der Waals surface area contributed by atoms with Crippen molar-refractivity contribution in [2.24, 2.45) is 35.0 Å². The number of aliphatic hydroxyl groups is 1. The van der Waals surface area contributed by atoms with Crippen molar-refractivity contribution in [3.63, 3.8) is 0 Å². The number of imidazole rings is 1. The highest BCUT2D eigenvalue weighted by atomic mass is 19.4. The lowest BCUT2D eigenvalue weighted by Gasteiger charge is -2.49. The van der Waals surface area contributed by atoms with Gasteiger partial charge in [0.2, 0.25) is 5.95 Å². The average Bonchev–Trinajstić information content (AvgIpc) is 4.03. The number of halogens is 3. The van der Waals surface area contributed by atoms with Gasteiger partial charge in [0.15, 0.2) is 0 Å². The predicted octanol–water partition coefficient (Wildman–Crippen LogP) is 11.4. The number of pyridine rings is 1. The van der Waals surface area contributed by atoms with Gasteiger partial charge in [-0.2, -0.15) is 13.2 Å². The third-order valence-corrected chi connectivity index (χ3v) is 16.8. The quantitative estimate of drug-likeness (QED) is 0.123. The molecule has 1 amide bonds. The molecule has 2 saturated heterocycles. The molecule has 0 unspecified atom stereocenters. The van der Waals surface area contributed by atoms with Gasteiger partial charge in [-0.1, -0.05) is 44.1 Å². The Balaban J connectivity index is 0.000000165. The fraction of sp³-hybridized carbons (Fsp3) is 0.473. The van der Waals surface area contributed by atoms with Gasteiger partial charge in [-0.15, -0.1) is 0 Å². The first-order chi connectivity index (χ1) is 33.0. The zero-order valence-electron chi connectivity index (χ0n) is 40.3. The maximum absolute atomic E-state index is 13.6. The van der Waals surface area contributed by atoms with Crippen LogP contribution in [0.3, 0.4) is 0 Å². The molecule has 2 aliphatic heterocycles. The molecule has 5 aromatic rings. The number of anilines is 3. The molecule has 11 rings (SSSR count). The van der Waals surface area contributed by atoms with Crippen LogP contribution in [0.25, 0.3) is 16.9 Å². The third-order valence-electron chi connectivity index (χ3n) is 16.8. The van der Waals surface area contributed by atoms with Crippen molar-refractivity contribution < 1.29 is 27.8 Å². The number of fused-ring (bicyclic) bond motifs is 6. The third kappa shape index (κ3) is 8.93. The molecule has 10 atom stereocenters. The SMILES string of the molecule is CC1=C2C[C@H]3[C@@H](CC=C4C[C@@H](O)CC[C@@]43C)[C@@H]2CC[C@]12O[C@@H]1C[C@H](C)CN[C@H]1[C@H]2C.Cc1cn(-c2cc(NC(=O)c3ccc(C)c(Nc4nccc(-c5cccnc5)n4)c3)cc(C(F)(F)F)c2)cn1. The van der Waals surface area contributed by atoms with E-state index in [0.29, 0.717) is 46.5 Å². The Labute approximate surface area is 402 Å². The number of aliphatic hydroxyl groups excluding tert-OH is 1. The van der Waals surface area contributed by atoms with E-state index in [4.69, 9.17) is 4.74 Å². The summed E-state index contributed by atoms with van der Waals surface area (Å²) < 4.78 is 49.3. The van der Waals surface area contributed by atoms with Gasteiger partial charge in [-0.05, 0) is 167 Å². The average molecular weight is 941 g/mol. The van der Waals surface area contributed by atoms with E-state index in [2.05, 4.69) is 69.7 Å². The summed E-state index contributed by atoms with van der Waals surface area (Å²) >= 11 is 0. The second-order valence-corrected chi connectivity index (χ2v) is 21.0. The topological polar surface area (TPSA) is 139 Å². The van der Waals surface area contributed by atoms with Crippen LogP contribution in [0.1, 0.15) is 106 Å². The van der Waals surface area contributed by atoms with Gasteiger partial charge in [-0.25, -0.2) is 15.0 Å². The number of carbonyl (C=O) groups is 1. The van der Waals surface area contributed by atoms with Gasteiger partial charge in [0.1, 0.15) is 0 Å². The number of aryl methyl sites for hydroxylation is 2. The van der Waals surface area contributed by atoms with Crippen LogP contribution >= 0.6 is 0 Å². The van der Waals surface area contributed by atoms with Crippen LogP contribution in [0.15, 0.2) is 109 Å². The Morgan fingerprint density at radius 3 is 2.61 bits per heavy atom. The van der Waals surface area contributed by atoms with E-state index in [-0.39, 0.29) is 28.6 Å². The molecule has 0 radical (unpaired) electrons. The standard InChI is InChI=1S/C28H22F3N7O.C27H41NO2/c1-17-5-6-19(10-25(17)37-27-33-9-7-24(36-27)20-4-3-8-32-14-20)26(39)35-22-11-21(28(29,30)31)12-23(13-22)38-15-18(2)34-16-38;1-15-11-24-25(28-14-15)17(3)27(30-24)10-8-20-21-6-5-18-12-19(29)7-9-26(18,4)23(21)13-22(20)16(27)2/h3-16H,1-2H3,(H,35,39)(H,33,36,37);5,15,17,19-21,23-25,28-29H,6-14H2,1-4H3/t;15-,17+,19-,20-,21-,23-,24+,25-,26-,27-/m.0/s1. The molecule has 69 heavy (non-hydrogen) atoms. The predicted molar refractivity (Wildman–Crippen MR) is 261 cm³/mol. The van der Waals surface area contributed by atoms with E-state index >= 15 is 0 Å². The lowest BCUT2D eigenvalue weighted by molar-refractivity contribution is -0.137. The molecule has 4 fully saturated rings. The number of nitrogens with one attached hydrogen (secondary N) is 3. The number of ether oxygens (including phenoxy) is 1. The molecule has 2 aromatic carbocycles. The molecule has 4 aliphatic carbocycles. The molecular weight excluding hydrogens is 878 g/mol. The molecule has 14 heteroatoms. The Morgan fingerprint density at radius 2 is 1.84 bits per heavy atom. The number of hydrogen-bond acceptors (Lipinski definition) is 9. The second-order valence-electron chi connectivity index (χ2n) is 21.0. The molecule has 362 valence electrons. The van der Waals surface area contributed by atoms with Crippen molar-refractivity contribution >= 4 is 23.2 Å². The number of rotatable bonds is 6. The highest BCUT2D eigenvalue weighted by Crippen LogP contribution is 2.65. The highest BCUT2D eigenvalue weighted by Gasteiger charge is 2.60. The largest absolute Gasteiger partial charge is 0.416 e. The second kappa shape index (κ2) is 18.2. The number of hydrogen-bond donors (Lipinski definition) is 4. The van der Waals surface area contributed by atoms with Crippen LogP contribution in [0.2, 0.25) is 0 Å². The first-order valence-corrected chi connectivity index (χ1v) is 24.6. The normalized spacial score (nSPS) is 30.3. The smallest absolute Gasteiger partial charge is 0.393 e. The minimum absolute atomic E-state index is 0.00114. The van der Waals surface area contributed by atoms with E-state index in [9.17, 15) is 23.1 Å². The van der Waals surface area contributed by atoms with E-state index < -0.39 is 17.6 Å². The maximum atomic E-state index is 13.6. The maximum Gasteiger partial charge on any atom is 0.416 e. The summed E-state index contributed by atoms with van der Waals surface area (Å²) in [5.41, 5.74) is 8.35. The van der Waals surface area contributed by atoms with Gasteiger partial charge in [0, 0.05) is 64.9 Å². The van der Waals surface area contributed by atoms with Crippen molar-refractivity contribution in [1.29, 1.82) is 0 Å². The lowest BCUT2D eigenvalue weighted by atomic mass is 9.56. The zero-order chi connectivity index (χ0) is 48.4. The summed E-state index contributed by atoms with van der Waals surface area (Å²) in [5, 5.41) is 19.8. The van der Waals surface area contributed by atoms with E-state index in [1.165, 1.54) is 55.5 Å². The highest BCUT2D eigenvalue weighted by molar-refractivity contribution is 6.05. The fourth-order valence-corrected chi connectivity index (χ4v) is 13.0. The first kappa shape index (κ1) is 47.0. The number of allylic oxidation sites excluding steroid dienone is 2. The number of aromatic nitrogens is 5. The number of nitrogens with zero attached hydrogens (tertiary/aromatic N) is 5. The number of carbonyl (C=O) groups excluding carboxylic acids is 1. The van der Waals surface area contributed by atoms with Crippen molar-refractivity contribution in [1.82, 2.24) is 29.8 Å². The van der Waals surface area contributed by atoms with Gasteiger partial charge in [-0.3, -0.25) is 9.78 Å². The van der Waals surface area contributed by atoms with Gasteiger partial charge in [0.25, 0.3) is 5.91 Å². The van der Waals surface area contributed by atoms with Crippen LogP contribution in [0.4, 0.5) is 30.5 Å². The van der Waals surface area contributed by atoms with Crippen LogP contribution in [0, 0.1) is 48.9 Å². The zero-order valence-corrected chi connectivity index (χ0v) is 40.3. The van der Waals surface area contributed by atoms with Gasteiger partial charge >= 0.3 is 6.18 Å². The summed E-state index contributed by atoms with van der Waals surface area (Å²) in [7, 11) is 0. The molecule has 1 spiro atoms. The molecular formula is C55H63F3N8O3. The van der Waals surface area contributed by atoms with Gasteiger partial charge < -0.3 is 30.4 Å². The van der Waals surface area contributed by atoms with Crippen molar-refractivity contribution in [3.05, 3.63) is 131 Å². The Morgan fingerprint density at radius 1 is 1.00 bits per heavy atom. The molecule has 11 nitrogen and oxygen atoms in total.